The predicted octanol–water partition coefficient (Wildman–Crippen LogP) is 6.60. The van der Waals surface area contributed by atoms with Crippen molar-refractivity contribution in [3.63, 3.8) is 0 Å². The summed E-state index contributed by atoms with van der Waals surface area (Å²) in [5, 5.41) is 4.37. The smallest absolute Gasteiger partial charge is 0.306 e. The zero-order valence-corrected chi connectivity index (χ0v) is 22.8. The van der Waals surface area contributed by atoms with E-state index in [0.717, 1.165) is 65.4 Å². The largest absolute Gasteiger partial charge is 0.496 e. The van der Waals surface area contributed by atoms with Gasteiger partial charge in [-0.1, -0.05) is 12.5 Å². The van der Waals surface area contributed by atoms with E-state index in [1.807, 2.05) is 63.4 Å². The van der Waals surface area contributed by atoms with Crippen LogP contribution in [-0.2, 0) is 9.53 Å². The summed E-state index contributed by atoms with van der Waals surface area (Å²) in [6.45, 7) is 5.68. The highest BCUT2D eigenvalue weighted by Crippen LogP contribution is 2.36. The van der Waals surface area contributed by atoms with Crippen molar-refractivity contribution in [1.29, 1.82) is 0 Å². The van der Waals surface area contributed by atoms with Crippen LogP contribution in [0.5, 0.6) is 5.75 Å². The predicted molar refractivity (Wildman–Crippen MR) is 148 cm³/mol. The molecule has 0 bridgehead atoms. The number of nitrogens with zero attached hydrogens (tertiary/aromatic N) is 2. The van der Waals surface area contributed by atoms with Gasteiger partial charge in [-0.15, -0.1) is 0 Å². The van der Waals surface area contributed by atoms with Crippen LogP contribution in [-0.4, -0.2) is 40.5 Å². The number of fused-ring (bicyclic) bond motifs is 1. The molecule has 1 aromatic heterocycles. The minimum absolute atomic E-state index is 0.138. The maximum atomic E-state index is 12.7. The maximum Gasteiger partial charge on any atom is 0.306 e. The fourth-order valence-electron chi connectivity index (χ4n) is 5.31. The first kappa shape index (κ1) is 26.1. The first-order valence-electron chi connectivity index (χ1n) is 13.7. The van der Waals surface area contributed by atoms with E-state index in [9.17, 15) is 9.59 Å². The lowest BCUT2D eigenvalue weighted by Gasteiger charge is -2.24. The summed E-state index contributed by atoms with van der Waals surface area (Å²) < 4.78 is 11.1. The molecule has 2 aliphatic rings. The van der Waals surface area contributed by atoms with Gasteiger partial charge in [-0.3, -0.25) is 9.59 Å². The molecule has 7 heteroatoms. The van der Waals surface area contributed by atoms with E-state index >= 15 is 0 Å². The fraction of sp³-hybridized carbons (Fsp3) is 0.484. The number of ether oxygens (including phenoxy) is 2. The molecule has 2 aliphatic carbocycles. The van der Waals surface area contributed by atoms with Crippen molar-refractivity contribution in [1.82, 2.24) is 9.97 Å². The number of hydrogen-bond donors (Lipinski definition) is 1. The van der Waals surface area contributed by atoms with Gasteiger partial charge in [0.15, 0.2) is 5.78 Å². The Morgan fingerprint density at radius 2 is 1.84 bits per heavy atom. The third kappa shape index (κ3) is 6.32. The number of aromatic nitrogens is 2. The Labute approximate surface area is 224 Å². The molecule has 2 fully saturated rings. The molecular weight excluding hydrogens is 478 g/mol. The van der Waals surface area contributed by atoms with Gasteiger partial charge in [0.25, 0.3) is 0 Å². The molecule has 0 unspecified atom stereocenters. The van der Waals surface area contributed by atoms with Crippen LogP contribution >= 0.6 is 0 Å². The van der Waals surface area contributed by atoms with Crippen molar-refractivity contribution in [3.05, 3.63) is 48.2 Å². The molecule has 1 N–H and O–H groups in total. The molecule has 0 radical (unpaired) electrons. The van der Waals surface area contributed by atoms with Crippen molar-refractivity contribution in [2.75, 3.05) is 12.4 Å². The second-order valence-corrected chi connectivity index (χ2v) is 11.7. The molecule has 2 saturated carbocycles. The number of ketones is 1. The summed E-state index contributed by atoms with van der Waals surface area (Å²) in [5.41, 5.74) is 2.91. The first-order valence-corrected chi connectivity index (χ1v) is 13.7. The lowest BCUT2D eigenvalue weighted by molar-refractivity contribution is -0.156. The van der Waals surface area contributed by atoms with Gasteiger partial charge in [-0.25, -0.2) is 9.97 Å². The van der Waals surface area contributed by atoms with Crippen molar-refractivity contribution in [3.8, 4) is 16.9 Å². The number of rotatable bonds is 9. The fourth-order valence-corrected chi connectivity index (χ4v) is 5.31. The number of anilines is 1. The lowest BCUT2D eigenvalue weighted by atomic mass is 9.97. The van der Waals surface area contributed by atoms with Crippen molar-refractivity contribution < 1.29 is 19.1 Å². The number of carbonyl (C=O) groups excluding carboxylic acids is 2. The van der Waals surface area contributed by atoms with E-state index < -0.39 is 5.60 Å². The highest BCUT2D eigenvalue weighted by atomic mass is 16.6. The number of carbonyl (C=O) groups is 2. The molecule has 0 spiro atoms. The zero-order valence-electron chi connectivity index (χ0n) is 22.8. The summed E-state index contributed by atoms with van der Waals surface area (Å²) in [6, 6.07) is 11.8. The summed E-state index contributed by atoms with van der Waals surface area (Å²) >= 11 is 0. The Morgan fingerprint density at radius 3 is 2.58 bits per heavy atom. The summed E-state index contributed by atoms with van der Waals surface area (Å²) in [6.07, 6.45) is 8.17. The second kappa shape index (κ2) is 10.7. The van der Waals surface area contributed by atoms with E-state index in [2.05, 4.69) is 10.3 Å². The quantitative estimate of drug-likeness (QED) is 0.254. The van der Waals surface area contributed by atoms with Gasteiger partial charge < -0.3 is 14.8 Å². The van der Waals surface area contributed by atoms with Crippen molar-refractivity contribution >= 4 is 28.6 Å². The van der Waals surface area contributed by atoms with E-state index in [-0.39, 0.29) is 23.7 Å². The second-order valence-electron chi connectivity index (χ2n) is 11.7. The Balaban J connectivity index is 1.32. The third-order valence-electron chi connectivity index (χ3n) is 7.41. The average Bonchev–Trinajstić information content (AvgIpc) is 3.59. The topological polar surface area (TPSA) is 90.4 Å². The van der Waals surface area contributed by atoms with Crippen LogP contribution < -0.4 is 10.1 Å². The van der Waals surface area contributed by atoms with Gasteiger partial charge in [0.05, 0.1) is 19.0 Å². The molecule has 0 aliphatic heterocycles. The van der Waals surface area contributed by atoms with Crippen LogP contribution in [0, 0.1) is 11.8 Å². The van der Waals surface area contributed by atoms with Crippen LogP contribution in [0.4, 0.5) is 5.95 Å². The first-order chi connectivity index (χ1) is 18.2. The van der Waals surface area contributed by atoms with E-state index in [1.54, 1.807) is 7.11 Å². The molecule has 3 aromatic rings. The number of methoxy groups -OCH3 is 1. The molecule has 38 heavy (non-hydrogen) atoms. The Kier molecular flexibility index (Phi) is 7.37. The van der Waals surface area contributed by atoms with Crippen LogP contribution in [0.25, 0.3) is 22.0 Å². The highest BCUT2D eigenvalue weighted by molar-refractivity contribution is 5.98. The minimum atomic E-state index is -0.476. The number of esters is 1. The number of benzene rings is 2. The molecule has 0 saturated heterocycles. The van der Waals surface area contributed by atoms with E-state index in [0.29, 0.717) is 24.7 Å². The van der Waals surface area contributed by atoms with Gasteiger partial charge in [0, 0.05) is 35.2 Å². The molecule has 0 amide bonds. The third-order valence-corrected chi connectivity index (χ3v) is 7.41. The highest BCUT2D eigenvalue weighted by Gasteiger charge is 2.31. The monoisotopic (exact) mass is 515 g/mol. The average molecular weight is 516 g/mol. The van der Waals surface area contributed by atoms with Crippen molar-refractivity contribution in [2.45, 2.75) is 77.4 Å². The van der Waals surface area contributed by atoms with E-state index in [4.69, 9.17) is 14.5 Å². The maximum absolute atomic E-state index is 12.7. The molecule has 2 atom stereocenters. The van der Waals surface area contributed by atoms with Crippen LogP contribution in [0.15, 0.2) is 42.6 Å². The zero-order chi connectivity index (χ0) is 26.9. The number of Topliss-reactive ketones (excluding diaryl/α,β-unsaturated/α-hetero) is 1. The van der Waals surface area contributed by atoms with Crippen molar-refractivity contribution in [2.24, 2.45) is 11.8 Å². The number of hydrogen-bond acceptors (Lipinski definition) is 7. The Morgan fingerprint density at radius 1 is 1.03 bits per heavy atom. The Bertz CT molecular complexity index is 1340. The van der Waals surface area contributed by atoms with Gasteiger partial charge in [0.1, 0.15) is 11.4 Å². The molecule has 5 rings (SSSR count). The summed E-state index contributed by atoms with van der Waals surface area (Å²) in [7, 11) is 1.64. The molecule has 200 valence electrons. The molecule has 1 heterocycles. The summed E-state index contributed by atoms with van der Waals surface area (Å²) in [5.74, 6) is 2.07. The van der Waals surface area contributed by atoms with Crippen LogP contribution in [0.1, 0.15) is 76.1 Å². The normalized spacial score (nSPS) is 19.4. The van der Waals surface area contributed by atoms with Gasteiger partial charge in [-0.05, 0) is 94.2 Å². The standard InChI is InChI=1S/C31H37N3O4/c1-31(2,3)38-29(36)17-21-6-5-7-25(21)33-30-32-18-23-15-20(10-12-26(23)34-30)24-16-22(11-13-28(24)37-4)27(35)14-19-8-9-19/h10-13,15-16,18-19,21,25H,5-9,14,17H2,1-4H3,(H,32,33,34)/t21-,25-/m1/s1. The van der Waals surface area contributed by atoms with E-state index in [1.165, 1.54) is 0 Å². The SMILES string of the molecule is COc1ccc(C(=O)CC2CC2)cc1-c1ccc2nc(N[C@@H]3CCC[C@@H]3CC(=O)OC(C)(C)C)ncc2c1. The van der Waals surface area contributed by atoms with Gasteiger partial charge in [-0.2, -0.15) is 0 Å². The summed E-state index contributed by atoms with van der Waals surface area (Å²) in [4.78, 5) is 34.4. The number of nitrogens with one attached hydrogen (secondary N) is 1. The molecular formula is C31H37N3O4. The minimum Gasteiger partial charge on any atom is -0.496 e. The molecule has 2 aromatic carbocycles. The van der Waals surface area contributed by atoms with Crippen LogP contribution in [0.2, 0.25) is 0 Å². The van der Waals surface area contributed by atoms with Gasteiger partial charge >= 0.3 is 5.97 Å². The Hall–Kier alpha value is -3.48. The lowest BCUT2D eigenvalue weighted by Crippen LogP contribution is -2.30. The van der Waals surface area contributed by atoms with Gasteiger partial charge in [0.2, 0.25) is 5.95 Å². The molecule has 7 nitrogen and oxygen atoms in total. The van der Waals surface area contributed by atoms with Crippen LogP contribution in [0.3, 0.4) is 0 Å².